The summed E-state index contributed by atoms with van der Waals surface area (Å²) < 4.78 is 16.9. The maximum atomic E-state index is 12.9. The molecule has 0 amide bonds. The molecule has 0 aromatic heterocycles. The summed E-state index contributed by atoms with van der Waals surface area (Å²) >= 11 is 0. The van der Waals surface area contributed by atoms with E-state index in [0.29, 0.717) is 19.3 Å². The van der Waals surface area contributed by atoms with Crippen molar-refractivity contribution in [3.63, 3.8) is 0 Å². The molecule has 410 valence electrons. The first-order valence-electron chi connectivity index (χ1n) is 31.0. The standard InChI is InChI=1S/C64H118O6/c1-4-7-10-13-16-19-22-25-28-31-32-34-36-39-42-45-48-51-54-57-63(66)69-60-61(59-68-62(65)56-53-50-47-44-41-38-35-30-27-24-21-18-15-12-9-6-3)70-64(67)58-55-52-49-46-43-40-37-33-29-26-23-20-17-14-11-8-5-2/h16,19,25-26,28-29,61H,4-15,17-18,20-24,27,30-60H2,1-3H3/b19-16-,28-25-,29-26-. The number of ether oxygens (including phenoxy) is 3. The van der Waals surface area contributed by atoms with E-state index >= 15 is 0 Å². The Balaban J connectivity index is 4.34. The van der Waals surface area contributed by atoms with Crippen LogP contribution in [0.15, 0.2) is 36.5 Å². The van der Waals surface area contributed by atoms with E-state index < -0.39 is 6.10 Å². The van der Waals surface area contributed by atoms with Crippen LogP contribution in [0, 0.1) is 0 Å². The zero-order valence-electron chi connectivity index (χ0n) is 47.1. The monoisotopic (exact) mass is 983 g/mol. The van der Waals surface area contributed by atoms with Crippen molar-refractivity contribution in [2.75, 3.05) is 13.2 Å². The van der Waals surface area contributed by atoms with Crippen molar-refractivity contribution >= 4 is 17.9 Å². The highest BCUT2D eigenvalue weighted by Crippen LogP contribution is 2.17. The van der Waals surface area contributed by atoms with E-state index in [1.54, 1.807) is 0 Å². The molecule has 0 heterocycles. The van der Waals surface area contributed by atoms with E-state index in [1.165, 1.54) is 231 Å². The van der Waals surface area contributed by atoms with E-state index in [9.17, 15) is 14.4 Å². The van der Waals surface area contributed by atoms with Crippen molar-refractivity contribution < 1.29 is 28.6 Å². The molecule has 0 N–H and O–H groups in total. The molecule has 0 fully saturated rings. The van der Waals surface area contributed by atoms with Crippen molar-refractivity contribution in [1.29, 1.82) is 0 Å². The second kappa shape index (κ2) is 59.2. The lowest BCUT2D eigenvalue weighted by atomic mass is 10.0. The van der Waals surface area contributed by atoms with Gasteiger partial charge in [-0.15, -0.1) is 0 Å². The molecule has 0 aliphatic carbocycles. The molecule has 1 atom stereocenters. The quantitative estimate of drug-likeness (QED) is 0.0261. The third-order valence-corrected chi connectivity index (χ3v) is 13.9. The fraction of sp³-hybridized carbons (Fsp3) is 0.859. The van der Waals surface area contributed by atoms with Crippen molar-refractivity contribution in [3.05, 3.63) is 36.5 Å². The van der Waals surface area contributed by atoms with Crippen LogP contribution in [-0.2, 0) is 28.6 Å². The maximum Gasteiger partial charge on any atom is 0.306 e. The van der Waals surface area contributed by atoms with Crippen LogP contribution in [0.3, 0.4) is 0 Å². The Bertz CT molecular complexity index is 1170. The van der Waals surface area contributed by atoms with Gasteiger partial charge < -0.3 is 14.2 Å². The van der Waals surface area contributed by atoms with Crippen molar-refractivity contribution in [1.82, 2.24) is 0 Å². The summed E-state index contributed by atoms with van der Waals surface area (Å²) in [5.41, 5.74) is 0. The van der Waals surface area contributed by atoms with Crippen LogP contribution in [0.2, 0.25) is 0 Å². The Hall–Kier alpha value is -2.37. The van der Waals surface area contributed by atoms with Crippen molar-refractivity contribution in [3.8, 4) is 0 Å². The average molecular weight is 984 g/mol. The van der Waals surface area contributed by atoms with Crippen LogP contribution in [-0.4, -0.2) is 37.2 Å². The number of carbonyl (C=O) groups excluding carboxylic acids is 3. The van der Waals surface area contributed by atoms with Crippen LogP contribution >= 0.6 is 0 Å². The van der Waals surface area contributed by atoms with Gasteiger partial charge in [0.1, 0.15) is 13.2 Å². The molecule has 0 rings (SSSR count). The van der Waals surface area contributed by atoms with Crippen molar-refractivity contribution in [2.45, 2.75) is 341 Å². The van der Waals surface area contributed by atoms with E-state index in [1.807, 2.05) is 0 Å². The lowest BCUT2D eigenvalue weighted by Gasteiger charge is -2.18. The Kier molecular flexibility index (Phi) is 57.2. The van der Waals surface area contributed by atoms with Gasteiger partial charge in [-0.3, -0.25) is 14.4 Å². The molecule has 0 aliphatic heterocycles. The summed E-state index contributed by atoms with van der Waals surface area (Å²) in [6, 6.07) is 0. The van der Waals surface area contributed by atoms with Gasteiger partial charge in [0.05, 0.1) is 0 Å². The minimum Gasteiger partial charge on any atom is -0.462 e. The van der Waals surface area contributed by atoms with Gasteiger partial charge in [-0.25, -0.2) is 0 Å². The number of rotatable bonds is 57. The Labute approximate surface area is 435 Å². The maximum absolute atomic E-state index is 12.9. The Morgan fingerprint density at radius 3 is 0.829 bits per heavy atom. The molecule has 0 aliphatic rings. The lowest BCUT2D eigenvalue weighted by Crippen LogP contribution is -2.30. The molecular weight excluding hydrogens is 865 g/mol. The van der Waals surface area contributed by atoms with E-state index in [-0.39, 0.29) is 31.1 Å². The van der Waals surface area contributed by atoms with Crippen LogP contribution in [0.5, 0.6) is 0 Å². The fourth-order valence-electron chi connectivity index (χ4n) is 9.18. The zero-order valence-corrected chi connectivity index (χ0v) is 47.1. The van der Waals surface area contributed by atoms with Gasteiger partial charge in [0.25, 0.3) is 0 Å². The van der Waals surface area contributed by atoms with Crippen molar-refractivity contribution in [2.24, 2.45) is 0 Å². The van der Waals surface area contributed by atoms with Gasteiger partial charge in [-0.05, 0) is 77.0 Å². The molecule has 6 nitrogen and oxygen atoms in total. The number of carbonyl (C=O) groups is 3. The highest BCUT2D eigenvalue weighted by atomic mass is 16.6. The molecular formula is C64H118O6. The van der Waals surface area contributed by atoms with Gasteiger partial charge in [0, 0.05) is 19.3 Å². The topological polar surface area (TPSA) is 78.9 Å². The molecule has 6 heteroatoms. The zero-order chi connectivity index (χ0) is 50.7. The van der Waals surface area contributed by atoms with Crippen LogP contribution in [0.4, 0.5) is 0 Å². The highest BCUT2D eigenvalue weighted by Gasteiger charge is 2.19. The summed E-state index contributed by atoms with van der Waals surface area (Å²) in [6.07, 6.45) is 71.3. The molecule has 0 bridgehead atoms. The van der Waals surface area contributed by atoms with E-state index in [4.69, 9.17) is 14.2 Å². The summed E-state index contributed by atoms with van der Waals surface area (Å²) in [7, 11) is 0. The van der Waals surface area contributed by atoms with Crippen LogP contribution < -0.4 is 0 Å². The first-order valence-corrected chi connectivity index (χ1v) is 31.0. The average Bonchev–Trinajstić information content (AvgIpc) is 3.36. The minimum atomic E-state index is -0.774. The van der Waals surface area contributed by atoms with Gasteiger partial charge in [0.2, 0.25) is 0 Å². The van der Waals surface area contributed by atoms with E-state index in [0.717, 1.165) is 64.2 Å². The Morgan fingerprint density at radius 2 is 0.514 bits per heavy atom. The predicted octanol–water partition coefficient (Wildman–Crippen LogP) is 20.8. The molecule has 1 unspecified atom stereocenters. The summed E-state index contributed by atoms with van der Waals surface area (Å²) in [4.78, 5) is 38.3. The molecule has 0 aromatic rings. The first-order chi connectivity index (χ1) is 34.5. The molecule has 0 spiro atoms. The second-order valence-electron chi connectivity index (χ2n) is 21.0. The van der Waals surface area contributed by atoms with Gasteiger partial charge >= 0.3 is 17.9 Å². The molecule has 0 radical (unpaired) electrons. The minimum absolute atomic E-state index is 0.0709. The normalized spacial score (nSPS) is 12.2. The van der Waals surface area contributed by atoms with Gasteiger partial charge in [-0.1, -0.05) is 276 Å². The third kappa shape index (κ3) is 56.5. The lowest BCUT2D eigenvalue weighted by molar-refractivity contribution is -0.167. The van der Waals surface area contributed by atoms with E-state index in [2.05, 4.69) is 57.2 Å². The number of hydrogen-bond donors (Lipinski definition) is 0. The number of hydrogen-bond acceptors (Lipinski definition) is 6. The molecule has 0 saturated carbocycles. The third-order valence-electron chi connectivity index (χ3n) is 13.9. The number of unbranched alkanes of at least 4 members (excludes halogenated alkanes) is 40. The van der Waals surface area contributed by atoms with Crippen LogP contribution in [0.25, 0.3) is 0 Å². The molecule has 0 saturated heterocycles. The first kappa shape index (κ1) is 67.6. The summed E-state index contributed by atoms with van der Waals surface area (Å²) in [5.74, 6) is -0.858. The molecule has 70 heavy (non-hydrogen) atoms. The highest BCUT2D eigenvalue weighted by molar-refractivity contribution is 5.71. The largest absolute Gasteiger partial charge is 0.462 e. The number of allylic oxidation sites excluding steroid dienone is 6. The van der Waals surface area contributed by atoms with Gasteiger partial charge in [0.15, 0.2) is 6.10 Å². The SMILES string of the molecule is CCCCC/C=C\C/C=C\CCCCCCCCCCCC(=O)OCC(COC(=O)CCCCCCCCCCCCCCCCCC)OC(=O)CCCCCCCCC/C=C\CCCCCCCC. The van der Waals surface area contributed by atoms with Gasteiger partial charge in [-0.2, -0.15) is 0 Å². The fourth-order valence-corrected chi connectivity index (χ4v) is 9.18. The number of esters is 3. The Morgan fingerprint density at radius 1 is 0.286 bits per heavy atom. The summed E-state index contributed by atoms with van der Waals surface area (Å²) in [6.45, 7) is 6.66. The second-order valence-corrected chi connectivity index (χ2v) is 21.0. The van der Waals surface area contributed by atoms with Crippen LogP contribution in [0.1, 0.15) is 335 Å². The molecule has 0 aromatic carbocycles. The predicted molar refractivity (Wildman–Crippen MR) is 302 cm³/mol. The summed E-state index contributed by atoms with van der Waals surface area (Å²) in [5, 5.41) is 0. The smallest absolute Gasteiger partial charge is 0.306 e.